The third kappa shape index (κ3) is 2.77. The van der Waals surface area contributed by atoms with Crippen LogP contribution in [0.3, 0.4) is 0 Å². The van der Waals surface area contributed by atoms with E-state index in [1.54, 1.807) is 12.1 Å². The number of halogens is 2. The van der Waals surface area contributed by atoms with Crippen LogP contribution in [0.4, 0.5) is 4.39 Å². The molecule has 4 aliphatic rings. The van der Waals surface area contributed by atoms with Gasteiger partial charge < -0.3 is 5.32 Å². The number of hydrogen-bond acceptors (Lipinski definition) is 1. The van der Waals surface area contributed by atoms with E-state index in [1.807, 2.05) is 6.07 Å². The van der Waals surface area contributed by atoms with Crippen molar-refractivity contribution in [3.8, 4) is 0 Å². The van der Waals surface area contributed by atoms with E-state index >= 15 is 0 Å². The summed E-state index contributed by atoms with van der Waals surface area (Å²) >= 11 is 6.79. The van der Waals surface area contributed by atoms with Gasteiger partial charge in [-0.2, -0.15) is 0 Å². The zero-order chi connectivity index (χ0) is 16.1. The number of benzene rings is 1. The number of carbonyl (C=O) groups is 1. The highest BCUT2D eigenvalue weighted by atomic mass is 35.5. The third-order valence-electron chi connectivity index (χ3n) is 6.11. The SMILES string of the molecule is O=C(NCCc1ccccc1F)C12CC3CC(CC(Cl)(C3)C1)C2. The summed E-state index contributed by atoms with van der Waals surface area (Å²) in [5.41, 5.74) is 0.397. The van der Waals surface area contributed by atoms with Gasteiger partial charge in [-0.1, -0.05) is 18.2 Å². The molecule has 1 N–H and O–H groups in total. The van der Waals surface area contributed by atoms with E-state index in [-0.39, 0.29) is 22.0 Å². The van der Waals surface area contributed by atoms with Crippen molar-refractivity contribution < 1.29 is 9.18 Å². The highest BCUT2D eigenvalue weighted by molar-refractivity contribution is 6.24. The first kappa shape index (κ1) is 15.4. The number of rotatable bonds is 4. The summed E-state index contributed by atoms with van der Waals surface area (Å²) < 4.78 is 13.6. The molecule has 0 aromatic heterocycles. The van der Waals surface area contributed by atoms with Gasteiger partial charge in [0, 0.05) is 11.4 Å². The number of nitrogens with one attached hydrogen (secondary N) is 1. The van der Waals surface area contributed by atoms with E-state index in [0.717, 1.165) is 32.1 Å². The highest BCUT2D eigenvalue weighted by Crippen LogP contribution is 2.63. The van der Waals surface area contributed by atoms with Gasteiger partial charge in [0.15, 0.2) is 0 Å². The van der Waals surface area contributed by atoms with Crippen LogP contribution in [0, 0.1) is 23.1 Å². The Labute approximate surface area is 141 Å². The molecule has 124 valence electrons. The Balaban J connectivity index is 1.41. The smallest absolute Gasteiger partial charge is 0.226 e. The predicted octanol–water partition coefficient (Wildman–Crippen LogP) is 4.06. The third-order valence-corrected chi connectivity index (χ3v) is 6.55. The lowest BCUT2D eigenvalue weighted by atomic mass is 9.49. The Hall–Kier alpha value is -1.09. The van der Waals surface area contributed by atoms with E-state index in [0.29, 0.717) is 30.4 Å². The largest absolute Gasteiger partial charge is 0.355 e. The van der Waals surface area contributed by atoms with E-state index in [4.69, 9.17) is 11.6 Å². The second-order valence-electron chi connectivity index (χ2n) is 7.99. The molecule has 1 aromatic rings. The van der Waals surface area contributed by atoms with Crippen LogP contribution < -0.4 is 5.32 Å². The van der Waals surface area contributed by atoms with Crippen molar-refractivity contribution in [2.75, 3.05) is 6.54 Å². The molecule has 5 rings (SSSR count). The Morgan fingerprint density at radius 3 is 2.57 bits per heavy atom. The van der Waals surface area contributed by atoms with Gasteiger partial charge in [0.05, 0.1) is 5.41 Å². The number of hydrogen-bond donors (Lipinski definition) is 1. The van der Waals surface area contributed by atoms with Crippen LogP contribution in [0.2, 0.25) is 0 Å². The molecule has 2 nitrogen and oxygen atoms in total. The van der Waals surface area contributed by atoms with E-state index < -0.39 is 0 Å². The Morgan fingerprint density at radius 1 is 1.22 bits per heavy atom. The van der Waals surface area contributed by atoms with E-state index in [2.05, 4.69) is 5.32 Å². The maximum atomic E-state index is 13.6. The van der Waals surface area contributed by atoms with E-state index in [9.17, 15) is 9.18 Å². The van der Waals surface area contributed by atoms with Crippen LogP contribution in [0.15, 0.2) is 24.3 Å². The summed E-state index contributed by atoms with van der Waals surface area (Å²) in [7, 11) is 0. The average Bonchev–Trinajstić information content (AvgIpc) is 2.46. The van der Waals surface area contributed by atoms with Crippen LogP contribution in [0.5, 0.6) is 0 Å². The highest BCUT2D eigenvalue weighted by Gasteiger charge is 2.59. The normalized spacial score (nSPS) is 37.8. The van der Waals surface area contributed by atoms with Crippen molar-refractivity contribution in [3.63, 3.8) is 0 Å². The van der Waals surface area contributed by atoms with Crippen molar-refractivity contribution in [2.45, 2.75) is 49.8 Å². The van der Waals surface area contributed by atoms with Gasteiger partial charge >= 0.3 is 0 Å². The number of alkyl halides is 1. The number of amides is 1. The van der Waals surface area contributed by atoms with Gasteiger partial charge in [0.1, 0.15) is 5.82 Å². The van der Waals surface area contributed by atoms with Gasteiger partial charge in [0.2, 0.25) is 5.91 Å². The van der Waals surface area contributed by atoms with Crippen molar-refractivity contribution >= 4 is 17.5 Å². The first-order chi connectivity index (χ1) is 11.0. The molecule has 0 radical (unpaired) electrons. The van der Waals surface area contributed by atoms with Crippen molar-refractivity contribution in [1.82, 2.24) is 5.32 Å². The molecule has 4 aliphatic carbocycles. The second-order valence-corrected chi connectivity index (χ2v) is 8.79. The Kier molecular flexibility index (Phi) is 3.67. The maximum Gasteiger partial charge on any atom is 0.226 e. The minimum atomic E-state index is -0.263. The fourth-order valence-corrected chi connectivity index (χ4v) is 6.31. The molecule has 0 spiro atoms. The Morgan fingerprint density at radius 2 is 1.91 bits per heavy atom. The molecular formula is C19H23ClFNO. The average molecular weight is 336 g/mol. The zero-order valence-electron chi connectivity index (χ0n) is 13.3. The Bertz CT molecular complexity index is 618. The van der Waals surface area contributed by atoms with Gasteiger partial charge in [-0.05, 0) is 68.4 Å². The minimum absolute atomic E-state index is 0.146. The standard InChI is InChI=1S/C19H23ClFNO/c20-19-10-13-7-14(11-19)9-18(8-13,12-19)17(23)22-6-5-15-3-1-2-4-16(15)21/h1-4,13-14H,5-12H2,(H,22,23). The molecule has 1 aromatic carbocycles. The molecular weight excluding hydrogens is 313 g/mol. The number of carbonyl (C=O) groups excluding carboxylic acids is 1. The molecule has 23 heavy (non-hydrogen) atoms. The van der Waals surface area contributed by atoms with Crippen molar-refractivity contribution in [2.24, 2.45) is 17.3 Å². The summed E-state index contributed by atoms with van der Waals surface area (Å²) in [6.45, 7) is 0.492. The van der Waals surface area contributed by atoms with Crippen LogP contribution in [-0.4, -0.2) is 17.3 Å². The fourth-order valence-electron chi connectivity index (χ4n) is 5.62. The first-order valence-electron chi connectivity index (χ1n) is 8.69. The quantitative estimate of drug-likeness (QED) is 0.826. The molecule has 0 aliphatic heterocycles. The molecule has 4 heteroatoms. The van der Waals surface area contributed by atoms with Gasteiger partial charge in [-0.3, -0.25) is 4.79 Å². The molecule has 4 fully saturated rings. The van der Waals surface area contributed by atoms with Crippen LogP contribution in [-0.2, 0) is 11.2 Å². The lowest BCUT2D eigenvalue weighted by Crippen LogP contribution is -2.58. The molecule has 0 saturated heterocycles. The minimum Gasteiger partial charge on any atom is -0.355 e. The van der Waals surface area contributed by atoms with Crippen molar-refractivity contribution in [1.29, 1.82) is 0 Å². The molecule has 4 saturated carbocycles. The molecule has 2 atom stereocenters. The van der Waals surface area contributed by atoms with Crippen LogP contribution >= 0.6 is 11.6 Å². The lowest BCUT2D eigenvalue weighted by Gasteiger charge is -2.59. The first-order valence-corrected chi connectivity index (χ1v) is 9.07. The second kappa shape index (κ2) is 5.47. The monoisotopic (exact) mass is 335 g/mol. The van der Waals surface area contributed by atoms with Crippen LogP contribution in [0.1, 0.15) is 44.1 Å². The van der Waals surface area contributed by atoms with Crippen LogP contribution in [0.25, 0.3) is 0 Å². The maximum absolute atomic E-state index is 13.6. The predicted molar refractivity (Wildman–Crippen MR) is 88.8 cm³/mol. The summed E-state index contributed by atoms with van der Waals surface area (Å²) in [5.74, 6) is 1.18. The zero-order valence-corrected chi connectivity index (χ0v) is 14.0. The topological polar surface area (TPSA) is 29.1 Å². The lowest BCUT2D eigenvalue weighted by molar-refractivity contribution is -0.144. The van der Waals surface area contributed by atoms with E-state index in [1.165, 1.54) is 12.5 Å². The van der Waals surface area contributed by atoms with Gasteiger partial charge in [0.25, 0.3) is 0 Å². The van der Waals surface area contributed by atoms with Gasteiger partial charge in [-0.25, -0.2) is 4.39 Å². The fraction of sp³-hybridized carbons (Fsp3) is 0.632. The molecule has 1 amide bonds. The summed E-state index contributed by atoms with van der Waals surface area (Å²) in [6.07, 6.45) is 6.74. The molecule has 4 bridgehead atoms. The molecule has 0 heterocycles. The van der Waals surface area contributed by atoms with Crippen molar-refractivity contribution in [3.05, 3.63) is 35.6 Å². The summed E-state index contributed by atoms with van der Waals surface area (Å²) in [6, 6.07) is 6.76. The summed E-state index contributed by atoms with van der Waals surface area (Å²) in [5, 5.41) is 3.07. The molecule has 2 unspecified atom stereocenters. The van der Waals surface area contributed by atoms with Gasteiger partial charge in [-0.15, -0.1) is 11.6 Å². The summed E-state index contributed by atoms with van der Waals surface area (Å²) in [4.78, 5) is 12.7.